The monoisotopic (exact) mass is 420 g/mol. The van der Waals surface area contributed by atoms with Crippen LogP contribution < -0.4 is 10.1 Å². The van der Waals surface area contributed by atoms with Crippen molar-refractivity contribution in [1.29, 1.82) is 0 Å². The van der Waals surface area contributed by atoms with E-state index >= 15 is 0 Å². The summed E-state index contributed by atoms with van der Waals surface area (Å²) in [4.78, 5) is 10.4. The highest BCUT2D eigenvalue weighted by Crippen LogP contribution is 2.35. The van der Waals surface area contributed by atoms with E-state index in [1.165, 1.54) is 0 Å². The first kappa shape index (κ1) is 20.5. The Kier molecular flexibility index (Phi) is 5.82. The molecule has 1 aromatic heterocycles. The molecule has 30 heavy (non-hydrogen) atoms. The number of rotatable bonds is 5. The Hall–Kier alpha value is -2.79. The lowest BCUT2D eigenvalue weighted by Crippen LogP contribution is -2.41. The first-order valence-corrected chi connectivity index (χ1v) is 10.2. The average Bonchev–Trinajstić information content (AvgIpc) is 2.76. The largest absolute Gasteiger partial charge is 0.495 e. The van der Waals surface area contributed by atoms with E-state index in [9.17, 15) is 5.02 Å². The van der Waals surface area contributed by atoms with Crippen molar-refractivity contribution in [1.82, 2.24) is 9.79 Å². The molecule has 6 nitrogen and oxygen atoms in total. The van der Waals surface area contributed by atoms with Gasteiger partial charge in [-0.2, -0.15) is 0 Å². The van der Waals surface area contributed by atoms with E-state index in [4.69, 9.17) is 27.9 Å². The van der Waals surface area contributed by atoms with Crippen LogP contribution in [0.3, 0.4) is 0 Å². The molecule has 152 valence electrons. The Bertz CT molecular complexity index is 1150. The van der Waals surface area contributed by atoms with E-state index in [0.29, 0.717) is 29.5 Å². The summed E-state index contributed by atoms with van der Waals surface area (Å²) in [5.41, 5.74) is 5.51. The van der Waals surface area contributed by atoms with Crippen molar-refractivity contribution in [2.75, 3.05) is 19.0 Å². The molecule has 0 unspecified atom stereocenters. The number of nitrogens with one attached hydrogen (secondary N) is 1. The molecule has 8 heteroatoms. The summed E-state index contributed by atoms with van der Waals surface area (Å²) >= 11 is 6.28. The highest BCUT2D eigenvalue weighted by Gasteiger charge is 2.26. The summed E-state index contributed by atoms with van der Waals surface area (Å²) in [6.07, 6.45) is 0.768. The zero-order valence-electron chi connectivity index (χ0n) is 16.9. The Morgan fingerprint density at radius 2 is 2.17 bits per heavy atom. The van der Waals surface area contributed by atoms with Gasteiger partial charge in [0.1, 0.15) is 5.75 Å². The molecule has 0 radical (unpaired) electrons. The minimum atomic E-state index is -0.531. The van der Waals surface area contributed by atoms with Crippen molar-refractivity contribution >= 4 is 40.9 Å². The second-order valence-corrected chi connectivity index (χ2v) is 7.81. The van der Waals surface area contributed by atoms with Gasteiger partial charge in [0.05, 0.1) is 24.2 Å². The molecule has 2 heterocycles. The minimum Gasteiger partial charge on any atom is -0.495 e. The van der Waals surface area contributed by atoms with Gasteiger partial charge in [-0.15, -0.1) is 0 Å². The molecule has 0 aliphatic carbocycles. The normalized spacial score (nSPS) is 13.6. The number of methoxy groups -OCH3 is 1. The lowest BCUT2D eigenvalue weighted by molar-refractivity contribution is 0.345. The van der Waals surface area contributed by atoms with Gasteiger partial charge in [0.15, 0.2) is 5.69 Å². The van der Waals surface area contributed by atoms with Gasteiger partial charge < -0.3 is 19.9 Å². The topological polar surface area (TPSA) is 62.0 Å². The van der Waals surface area contributed by atoms with Crippen molar-refractivity contribution in [3.8, 4) is 5.75 Å². The van der Waals surface area contributed by atoms with Crippen LogP contribution in [0, 0.1) is 6.57 Å². The van der Waals surface area contributed by atoms with Crippen molar-refractivity contribution in [2.24, 2.45) is 0 Å². The molecule has 1 aliphatic rings. The molecule has 1 aliphatic heterocycles. The van der Waals surface area contributed by atoms with Crippen LogP contribution in [-0.2, 0) is 19.5 Å². The van der Waals surface area contributed by atoms with Crippen LogP contribution in [0.5, 0.6) is 5.75 Å². The van der Waals surface area contributed by atoms with E-state index in [1.54, 1.807) is 20.0 Å². The molecule has 0 fully saturated rings. The van der Waals surface area contributed by atoms with Gasteiger partial charge in [0, 0.05) is 41.8 Å². The van der Waals surface area contributed by atoms with Crippen molar-refractivity contribution in [3.05, 3.63) is 69.7 Å². The number of ether oxygens (including phenoxy) is 1. The molecule has 0 saturated carbocycles. The van der Waals surface area contributed by atoms with E-state index in [-0.39, 0.29) is 0 Å². The number of anilines is 1. The molecule has 0 spiro atoms. The summed E-state index contributed by atoms with van der Waals surface area (Å²) in [6, 6.07) is 11.3. The quantitative estimate of drug-likeness (QED) is 0.469. The smallest absolute Gasteiger partial charge is 0.376 e. The summed E-state index contributed by atoms with van der Waals surface area (Å²) in [5.74, 6) is 0.640. The third-order valence-electron chi connectivity index (χ3n) is 5.50. The molecule has 2 aromatic carbocycles. The lowest BCUT2D eigenvalue weighted by Gasteiger charge is -2.31. The fourth-order valence-electron chi connectivity index (χ4n) is 3.85. The van der Waals surface area contributed by atoms with Gasteiger partial charge >= 0.3 is 7.05 Å². The number of fused-ring (bicyclic) bond motifs is 2. The molecule has 2 N–H and O–H groups in total. The first-order chi connectivity index (χ1) is 14.5. The van der Waals surface area contributed by atoms with Crippen LogP contribution in [-0.4, -0.2) is 35.5 Å². The predicted molar refractivity (Wildman–Crippen MR) is 121 cm³/mol. The van der Waals surface area contributed by atoms with Crippen LogP contribution in [0.25, 0.3) is 15.7 Å². The third kappa shape index (κ3) is 3.95. The maximum atomic E-state index is 10.1. The van der Waals surface area contributed by atoms with Gasteiger partial charge in [-0.05, 0) is 43.2 Å². The fraction of sp³-hybridized carbons (Fsp3) is 0.273. The number of aromatic nitrogens is 1. The summed E-state index contributed by atoms with van der Waals surface area (Å²) in [6.45, 7) is 11.1. The predicted octanol–water partition coefficient (Wildman–Crippen LogP) is 4.53. The molecule has 3 aromatic rings. The molecule has 0 amide bonds. The summed E-state index contributed by atoms with van der Waals surface area (Å²) < 4.78 is 5.24. The first-order valence-electron chi connectivity index (χ1n) is 9.81. The van der Waals surface area contributed by atoms with Gasteiger partial charge in [0.2, 0.25) is 0 Å². The second-order valence-electron chi connectivity index (χ2n) is 7.40. The number of pyridine rings is 1. The highest BCUT2D eigenvalue weighted by molar-refractivity contribution is 6.45. The lowest BCUT2D eigenvalue weighted by atomic mass is 9.82. The van der Waals surface area contributed by atoms with E-state index in [2.05, 4.69) is 10.2 Å². The van der Waals surface area contributed by atoms with Gasteiger partial charge in [-0.3, -0.25) is 4.98 Å². The van der Waals surface area contributed by atoms with Crippen LogP contribution in [0.1, 0.15) is 16.8 Å². The van der Waals surface area contributed by atoms with Crippen LogP contribution in [0.2, 0.25) is 11.8 Å². The van der Waals surface area contributed by atoms with Gasteiger partial charge in [-0.1, -0.05) is 23.7 Å². The summed E-state index contributed by atoms with van der Waals surface area (Å²) in [5, 5.41) is 15.1. The number of nitrogens with zero attached hydrogens (tertiary/aromatic N) is 3. The van der Waals surface area contributed by atoms with E-state index < -0.39 is 7.05 Å². The Labute approximate surface area is 181 Å². The zero-order valence-corrected chi connectivity index (χ0v) is 17.7. The number of hydrogen-bond acceptors (Lipinski definition) is 5. The SMILES string of the molecule is [C-]#[N+]c1ccc2nc3c(c(NCc4ccc(OC)c(Cl)c4)c2c1)CN(B(C)O)CC3. The average molecular weight is 421 g/mol. The van der Waals surface area contributed by atoms with Crippen LogP contribution in [0.15, 0.2) is 36.4 Å². The molecular formula is C22H22BClN4O2. The zero-order chi connectivity index (χ0) is 21.3. The maximum absolute atomic E-state index is 10.1. The highest BCUT2D eigenvalue weighted by atomic mass is 35.5. The van der Waals surface area contributed by atoms with Gasteiger partial charge in [-0.25, -0.2) is 4.85 Å². The van der Waals surface area contributed by atoms with Gasteiger partial charge in [0.25, 0.3) is 0 Å². The third-order valence-corrected chi connectivity index (χ3v) is 5.79. The van der Waals surface area contributed by atoms with E-state index in [1.807, 2.05) is 35.1 Å². The second kappa shape index (κ2) is 8.53. The summed E-state index contributed by atoms with van der Waals surface area (Å²) in [7, 11) is 1.06. The Morgan fingerprint density at radius 1 is 1.33 bits per heavy atom. The maximum Gasteiger partial charge on any atom is 0.376 e. The number of hydrogen-bond donors (Lipinski definition) is 2. The van der Waals surface area contributed by atoms with E-state index in [0.717, 1.165) is 46.4 Å². The molecule has 0 atom stereocenters. The standard InChI is InChI=1S/C22H22BClN4O2/c1-23(29)28-9-8-20-17(13-28)22(16-11-15(25-2)5-6-19(16)27-20)26-12-14-4-7-21(30-3)18(24)10-14/h4-7,10-11,29H,8-9,12-13H2,1,3H3,(H,26,27). The fourth-order valence-corrected chi connectivity index (χ4v) is 4.13. The number of halogens is 1. The minimum absolute atomic E-state index is 0.531. The molecular weight excluding hydrogens is 399 g/mol. The Morgan fingerprint density at radius 3 is 2.87 bits per heavy atom. The number of benzene rings is 2. The van der Waals surface area contributed by atoms with Crippen molar-refractivity contribution in [3.63, 3.8) is 0 Å². The van der Waals surface area contributed by atoms with Crippen LogP contribution in [0.4, 0.5) is 11.4 Å². The van der Waals surface area contributed by atoms with Crippen molar-refractivity contribution in [2.45, 2.75) is 26.3 Å². The Balaban J connectivity index is 1.76. The molecule has 0 saturated heterocycles. The van der Waals surface area contributed by atoms with Crippen molar-refractivity contribution < 1.29 is 9.76 Å². The van der Waals surface area contributed by atoms with Crippen LogP contribution >= 0.6 is 11.6 Å². The molecule has 0 bridgehead atoms. The molecule has 4 rings (SSSR count).